The summed E-state index contributed by atoms with van der Waals surface area (Å²) >= 11 is 0. The van der Waals surface area contributed by atoms with E-state index in [0.29, 0.717) is 36.5 Å². The minimum atomic E-state index is -0.739. The molecule has 0 bridgehead atoms. The maximum Gasteiger partial charge on any atom is 0.343 e. The summed E-state index contributed by atoms with van der Waals surface area (Å²) in [7, 11) is 0. The monoisotopic (exact) mass is 550 g/mol. The summed E-state index contributed by atoms with van der Waals surface area (Å²) in [6.45, 7) is 9.76. The van der Waals surface area contributed by atoms with Crippen LogP contribution in [0.3, 0.4) is 0 Å². The molecule has 0 aromatic heterocycles. The van der Waals surface area contributed by atoms with Crippen LogP contribution in [0.15, 0.2) is 60.7 Å². The summed E-state index contributed by atoms with van der Waals surface area (Å²) in [5.41, 5.74) is 0.465. The van der Waals surface area contributed by atoms with Crippen molar-refractivity contribution in [1.82, 2.24) is 0 Å². The first-order valence-electron chi connectivity index (χ1n) is 13.7. The van der Waals surface area contributed by atoms with Gasteiger partial charge in [-0.25, -0.2) is 9.59 Å². The Morgan fingerprint density at radius 2 is 1.00 bits per heavy atom. The lowest BCUT2D eigenvalue weighted by atomic mass is 10.1. The summed E-state index contributed by atoms with van der Waals surface area (Å²) in [6, 6.07) is 14.9. The molecule has 214 valence electrons. The molecule has 3 aromatic carbocycles. The van der Waals surface area contributed by atoms with Gasteiger partial charge in [-0.15, -0.1) is 0 Å². The van der Waals surface area contributed by atoms with E-state index in [0.717, 1.165) is 37.8 Å². The fourth-order valence-electron chi connectivity index (χ4n) is 3.56. The van der Waals surface area contributed by atoms with Crippen molar-refractivity contribution in [3.05, 3.63) is 71.8 Å². The zero-order chi connectivity index (χ0) is 29.1. The number of phenols is 2. The standard InChI is InChI=1S/C32H38O8/c1-5-21(3)15-17-37-25-11-7-23(8-12-25)31(35)39-29-19-28(34)30(20-27(29)33)40-32(36)24-9-13-26(14-10-24)38-18-16-22(4)6-2/h7-14,19-22,33-34H,5-6,15-18H2,1-4H3/t21-,22-/m0/s1. The molecule has 8 heteroatoms. The largest absolute Gasteiger partial charge is 0.504 e. The van der Waals surface area contributed by atoms with E-state index in [2.05, 4.69) is 27.7 Å². The van der Waals surface area contributed by atoms with E-state index in [1.807, 2.05) is 0 Å². The number of aromatic hydroxyl groups is 2. The molecule has 3 rings (SSSR count). The van der Waals surface area contributed by atoms with Crippen LogP contribution >= 0.6 is 0 Å². The normalized spacial score (nSPS) is 12.3. The first kappa shape index (κ1) is 30.3. The third-order valence-corrected chi connectivity index (χ3v) is 6.78. The summed E-state index contributed by atoms with van der Waals surface area (Å²) in [6.07, 6.45) is 4.05. The highest BCUT2D eigenvalue weighted by Crippen LogP contribution is 2.39. The van der Waals surface area contributed by atoms with Gasteiger partial charge in [0, 0.05) is 12.1 Å². The summed E-state index contributed by atoms with van der Waals surface area (Å²) in [5, 5.41) is 20.7. The van der Waals surface area contributed by atoms with Crippen LogP contribution in [-0.4, -0.2) is 35.4 Å². The Labute approximate surface area is 235 Å². The summed E-state index contributed by atoms with van der Waals surface area (Å²) in [5.74, 6) is -0.592. The van der Waals surface area contributed by atoms with Crippen molar-refractivity contribution in [3.63, 3.8) is 0 Å². The van der Waals surface area contributed by atoms with E-state index in [9.17, 15) is 19.8 Å². The predicted molar refractivity (Wildman–Crippen MR) is 152 cm³/mol. The lowest BCUT2D eigenvalue weighted by Gasteiger charge is -2.12. The molecule has 0 heterocycles. The van der Waals surface area contributed by atoms with Crippen LogP contribution in [0.5, 0.6) is 34.5 Å². The fraction of sp³-hybridized carbons (Fsp3) is 0.375. The van der Waals surface area contributed by atoms with Crippen molar-refractivity contribution < 1.29 is 38.7 Å². The molecule has 8 nitrogen and oxygen atoms in total. The number of benzene rings is 3. The lowest BCUT2D eigenvalue weighted by molar-refractivity contribution is 0.0711. The van der Waals surface area contributed by atoms with Crippen LogP contribution in [0.1, 0.15) is 74.1 Å². The molecule has 40 heavy (non-hydrogen) atoms. The Balaban J connectivity index is 1.56. The molecule has 0 saturated carbocycles. The molecule has 0 aliphatic rings. The first-order chi connectivity index (χ1) is 19.2. The van der Waals surface area contributed by atoms with Crippen molar-refractivity contribution in [2.75, 3.05) is 13.2 Å². The number of ether oxygens (including phenoxy) is 4. The highest BCUT2D eigenvalue weighted by atomic mass is 16.6. The lowest BCUT2D eigenvalue weighted by Crippen LogP contribution is -2.10. The number of rotatable bonds is 14. The van der Waals surface area contributed by atoms with Gasteiger partial charge in [0.15, 0.2) is 23.0 Å². The van der Waals surface area contributed by atoms with E-state index >= 15 is 0 Å². The van der Waals surface area contributed by atoms with Gasteiger partial charge in [0.2, 0.25) is 0 Å². The molecule has 0 saturated heterocycles. The fourth-order valence-corrected chi connectivity index (χ4v) is 3.56. The molecule has 0 spiro atoms. The van der Waals surface area contributed by atoms with Crippen molar-refractivity contribution >= 4 is 11.9 Å². The topological polar surface area (TPSA) is 112 Å². The quantitative estimate of drug-likeness (QED) is 0.123. The van der Waals surface area contributed by atoms with E-state index in [4.69, 9.17) is 18.9 Å². The van der Waals surface area contributed by atoms with E-state index in [1.54, 1.807) is 48.5 Å². The van der Waals surface area contributed by atoms with Gasteiger partial charge in [0.1, 0.15) is 11.5 Å². The van der Waals surface area contributed by atoms with Crippen LogP contribution in [-0.2, 0) is 0 Å². The minimum Gasteiger partial charge on any atom is -0.504 e. The molecular formula is C32H38O8. The van der Waals surface area contributed by atoms with Crippen molar-refractivity contribution in [1.29, 1.82) is 0 Å². The second kappa shape index (κ2) is 14.8. The number of carbonyl (C=O) groups is 2. The van der Waals surface area contributed by atoms with Gasteiger partial charge in [-0.05, 0) is 73.2 Å². The molecule has 0 unspecified atom stereocenters. The van der Waals surface area contributed by atoms with Crippen molar-refractivity contribution in [2.45, 2.75) is 53.4 Å². The van der Waals surface area contributed by atoms with Crippen LogP contribution in [0.2, 0.25) is 0 Å². The molecule has 0 amide bonds. The van der Waals surface area contributed by atoms with Crippen LogP contribution in [0, 0.1) is 11.8 Å². The first-order valence-corrected chi connectivity index (χ1v) is 13.7. The summed E-state index contributed by atoms with van der Waals surface area (Å²) in [4.78, 5) is 25.1. The van der Waals surface area contributed by atoms with Crippen molar-refractivity contribution in [3.8, 4) is 34.5 Å². The third kappa shape index (κ3) is 8.93. The molecule has 3 aromatic rings. The summed E-state index contributed by atoms with van der Waals surface area (Å²) < 4.78 is 21.9. The molecule has 0 aliphatic heterocycles. The molecular weight excluding hydrogens is 512 g/mol. The van der Waals surface area contributed by atoms with Gasteiger partial charge >= 0.3 is 11.9 Å². The maximum atomic E-state index is 12.6. The zero-order valence-electron chi connectivity index (χ0n) is 23.5. The highest BCUT2D eigenvalue weighted by molar-refractivity contribution is 5.92. The number of esters is 2. The SMILES string of the molecule is CC[C@H](C)CCOc1ccc(C(=O)Oc2cc(O)c(OC(=O)c3ccc(OCC[C@@H](C)CC)cc3)cc2O)cc1. The molecule has 2 atom stereocenters. The number of phenolic OH excluding ortho intramolecular Hbond substituents is 2. The molecule has 0 fully saturated rings. The van der Waals surface area contributed by atoms with E-state index < -0.39 is 23.4 Å². The Morgan fingerprint density at radius 1 is 0.650 bits per heavy atom. The Morgan fingerprint density at radius 3 is 1.32 bits per heavy atom. The number of hydrogen-bond acceptors (Lipinski definition) is 8. The Hall–Kier alpha value is -4.20. The Kier molecular flexibility index (Phi) is 11.2. The molecule has 2 N–H and O–H groups in total. The van der Waals surface area contributed by atoms with Gasteiger partial charge < -0.3 is 29.2 Å². The van der Waals surface area contributed by atoms with E-state index in [1.165, 1.54) is 0 Å². The van der Waals surface area contributed by atoms with Gasteiger partial charge in [0.25, 0.3) is 0 Å². The average molecular weight is 551 g/mol. The second-order valence-corrected chi connectivity index (χ2v) is 9.92. The smallest absolute Gasteiger partial charge is 0.343 e. The van der Waals surface area contributed by atoms with Gasteiger partial charge in [0.05, 0.1) is 24.3 Å². The maximum absolute atomic E-state index is 12.6. The van der Waals surface area contributed by atoms with Crippen LogP contribution in [0.25, 0.3) is 0 Å². The predicted octanol–water partition coefficient (Wildman–Crippen LogP) is 7.17. The molecule has 0 radical (unpaired) electrons. The Bertz CT molecular complexity index is 1150. The number of hydrogen-bond donors (Lipinski definition) is 2. The van der Waals surface area contributed by atoms with Gasteiger partial charge in [-0.1, -0.05) is 40.5 Å². The second-order valence-electron chi connectivity index (χ2n) is 9.92. The molecule has 0 aliphatic carbocycles. The zero-order valence-corrected chi connectivity index (χ0v) is 23.5. The van der Waals surface area contributed by atoms with Crippen molar-refractivity contribution in [2.24, 2.45) is 11.8 Å². The van der Waals surface area contributed by atoms with Gasteiger partial charge in [-0.2, -0.15) is 0 Å². The van der Waals surface area contributed by atoms with Gasteiger partial charge in [-0.3, -0.25) is 0 Å². The van der Waals surface area contributed by atoms with E-state index in [-0.39, 0.29) is 22.6 Å². The average Bonchev–Trinajstić information content (AvgIpc) is 2.96. The van der Waals surface area contributed by atoms with Crippen LogP contribution < -0.4 is 18.9 Å². The third-order valence-electron chi connectivity index (χ3n) is 6.78. The number of carbonyl (C=O) groups excluding carboxylic acids is 2. The minimum absolute atomic E-state index is 0.232. The van der Waals surface area contributed by atoms with Crippen LogP contribution in [0.4, 0.5) is 0 Å². The highest BCUT2D eigenvalue weighted by Gasteiger charge is 2.18.